The summed E-state index contributed by atoms with van der Waals surface area (Å²) in [4.78, 5) is 30.3. The molecule has 0 saturated carbocycles. The van der Waals surface area contributed by atoms with Crippen molar-refractivity contribution in [2.24, 2.45) is 0 Å². The van der Waals surface area contributed by atoms with Crippen molar-refractivity contribution in [3.63, 3.8) is 0 Å². The maximum Gasteiger partial charge on any atom is 0.316 e. The molecule has 0 radical (unpaired) electrons. The molecule has 4 rings (SSSR count). The van der Waals surface area contributed by atoms with Gasteiger partial charge in [0.25, 0.3) is 5.56 Å². The van der Waals surface area contributed by atoms with Crippen molar-refractivity contribution < 1.29 is 9.53 Å². The lowest BCUT2D eigenvalue weighted by Crippen LogP contribution is -2.26. The molecule has 0 unspecified atom stereocenters. The number of thioether (sulfide) groups is 1. The van der Waals surface area contributed by atoms with Gasteiger partial charge in [-0.15, -0.1) is 11.8 Å². The molecule has 0 fully saturated rings. The average Bonchev–Trinajstić information content (AvgIpc) is 2.78. The van der Waals surface area contributed by atoms with Gasteiger partial charge in [-0.2, -0.15) is 5.26 Å². The van der Waals surface area contributed by atoms with E-state index in [0.717, 1.165) is 15.7 Å². The molecule has 1 heterocycles. The maximum atomic E-state index is 12.6. The fourth-order valence-corrected chi connectivity index (χ4v) is 3.89. The lowest BCUT2D eigenvalue weighted by molar-refractivity contribution is -0.142. The second kappa shape index (κ2) is 8.80. The molecule has 0 aliphatic carbocycles. The largest absolute Gasteiger partial charge is 0.457 e. The number of rotatable bonds is 6. The van der Waals surface area contributed by atoms with Crippen LogP contribution in [0.15, 0.2) is 76.4 Å². The Kier molecular flexibility index (Phi) is 5.77. The molecule has 6 nitrogen and oxygen atoms in total. The number of nitrogens with zero attached hydrogens (tertiary/aromatic N) is 3. The number of carbonyl (C=O) groups is 1. The Balaban J connectivity index is 1.45. The van der Waals surface area contributed by atoms with E-state index in [-0.39, 0.29) is 30.3 Å². The number of para-hydroxylation sites is 1. The SMILES string of the molecule is N#CCn1c(COC(=O)CSc2ccc3ccccc3c2)nc2ccccc2c1=O. The Bertz CT molecular complexity index is 1340. The normalized spacial score (nSPS) is 10.8. The van der Waals surface area contributed by atoms with Crippen molar-refractivity contribution in [2.75, 3.05) is 5.75 Å². The summed E-state index contributed by atoms with van der Waals surface area (Å²) in [6, 6.07) is 22.9. The molecule has 148 valence electrons. The summed E-state index contributed by atoms with van der Waals surface area (Å²) < 4.78 is 6.58. The van der Waals surface area contributed by atoms with Gasteiger partial charge in [0.15, 0.2) is 5.82 Å². The molecule has 0 N–H and O–H groups in total. The minimum absolute atomic E-state index is 0.133. The van der Waals surface area contributed by atoms with Crippen LogP contribution in [0.25, 0.3) is 21.7 Å². The highest BCUT2D eigenvalue weighted by Crippen LogP contribution is 2.23. The Hall–Kier alpha value is -3.63. The minimum atomic E-state index is -0.418. The highest BCUT2D eigenvalue weighted by atomic mass is 32.2. The molecule has 0 aliphatic rings. The zero-order valence-electron chi connectivity index (χ0n) is 15.9. The molecule has 7 heteroatoms. The zero-order valence-corrected chi connectivity index (χ0v) is 16.8. The van der Waals surface area contributed by atoms with Crippen LogP contribution in [0.2, 0.25) is 0 Å². The molecule has 0 atom stereocenters. The van der Waals surface area contributed by atoms with Gasteiger partial charge in [-0.05, 0) is 35.0 Å². The fourth-order valence-electron chi connectivity index (χ4n) is 3.14. The summed E-state index contributed by atoms with van der Waals surface area (Å²) in [6.07, 6.45) is 0. The van der Waals surface area contributed by atoms with Crippen LogP contribution in [0.3, 0.4) is 0 Å². The number of esters is 1. The van der Waals surface area contributed by atoms with Crippen molar-refractivity contribution in [1.82, 2.24) is 9.55 Å². The molecule has 4 aromatic rings. The third kappa shape index (κ3) is 4.19. The summed E-state index contributed by atoms with van der Waals surface area (Å²) in [5, 5.41) is 11.7. The summed E-state index contributed by atoms with van der Waals surface area (Å²) >= 11 is 1.38. The molecule has 0 spiro atoms. The van der Waals surface area contributed by atoms with E-state index in [4.69, 9.17) is 10.00 Å². The highest BCUT2D eigenvalue weighted by molar-refractivity contribution is 8.00. The van der Waals surface area contributed by atoms with Gasteiger partial charge in [0.1, 0.15) is 13.2 Å². The van der Waals surface area contributed by atoms with Crippen LogP contribution < -0.4 is 5.56 Å². The van der Waals surface area contributed by atoms with E-state index < -0.39 is 5.97 Å². The molecule has 1 aromatic heterocycles. The molecule has 0 amide bonds. The zero-order chi connectivity index (χ0) is 20.9. The monoisotopic (exact) mass is 415 g/mol. The molecule has 0 saturated heterocycles. The van der Waals surface area contributed by atoms with Crippen LogP contribution in [0.4, 0.5) is 0 Å². The average molecular weight is 415 g/mol. The van der Waals surface area contributed by atoms with Crippen LogP contribution >= 0.6 is 11.8 Å². The standard InChI is InChI=1S/C23H17N3O3S/c24-11-12-26-21(25-20-8-4-3-7-19(20)23(26)28)14-29-22(27)15-30-18-10-9-16-5-1-2-6-17(16)13-18/h1-10,13H,12,14-15H2. The first-order valence-electron chi connectivity index (χ1n) is 9.28. The third-order valence-corrected chi connectivity index (χ3v) is 5.58. The van der Waals surface area contributed by atoms with Crippen molar-refractivity contribution >= 4 is 39.4 Å². The molecular formula is C23H17N3O3S. The summed E-state index contributed by atoms with van der Waals surface area (Å²) in [7, 11) is 0. The van der Waals surface area contributed by atoms with E-state index in [9.17, 15) is 9.59 Å². The lowest BCUT2D eigenvalue weighted by atomic mass is 10.1. The van der Waals surface area contributed by atoms with E-state index in [0.29, 0.717) is 10.9 Å². The van der Waals surface area contributed by atoms with Gasteiger partial charge < -0.3 is 4.74 Å². The van der Waals surface area contributed by atoms with Gasteiger partial charge in [-0.25, -0.2) is 4.98 Å². The molecule has 3 aromatic carbocycles. The number of ether oxygens (including phenoxy) is 1. The lowest BCUT2D eigenvalue weighted by Gasteiger charge is -2.11. The minimum Gasteiger partial charge on any atom is -0.457 e. The summed E-state index contributed by atoms with van der Waals surface area (Å²) in [6.45, 7) is -0.325. The van der Waals surface area contributed by atoms with Crippen LogP contribution in [0, 0.1) is 11.3 Å². The maximum absolute atomic E-state index is 12.6. The van der Waals surface area contributed by atoms with Crippen molar-refractivity contribution in [1.29, 1.82) is 5.26 Å². The van der Waals surface area contributed by atoms with E-state index >= 15 is 0 Å². The van der Waals surface area contributed by atoms with Gasteiger partial charge in [0.2, 0.25) is 0 Å². The van der Waals surface area contributed by atoms with Crippen molar-refractivity contribution in [3.8, 4) is 6.07 Å². The first-order valence-corrected chi connectivity index (χ1v) is 10.3. The van der Waals surface area contributed by atoms with Gasteiger partial charge in [0, 0.05) is 4.90 Å². The van der Waals surface area contributed by atoms with Crippen molar-refractivity contribution in [3.05, 3.63) is 82.9 Å². The van der Waals surface area contributed by atoms with Gasteiger partial charge in [-0.1, -0.05) is 42.5 Å². The fraction of sp³-hybridized carbons (Fsp3) is 0.130. The molecule has 30 heavy (non-hydrogen) atoms. The molecular weight excluding hydrogens is 398 g/mol. The number of hydrogen-bond acceptors (Lipinski definition) is 6. The highest BCUT2D eigenvalue weighted by Gasteiger charge is 2.13. The topological polar surface area (TPSA) is 85.0 Å². The second-order valence-corrected chi connectivity index (χ2v) is 7.60. The van der Waals surface area contributed by atoms with Crippen LogP contribution in [0.5, 0.6) is 0 Å². The van der Waals surface area contributed by atoms with E-state index in [2.05, 4.69) is 4.98 Å². The number of aromatic nitrogens is 2. The number of fused-ring (bicyclic) bond motifs is 2. The van der Waals surface area contributed by atoms with Gasteiger partial charge in [0.05, 0.1) is 22.7 Å². The van der Waals surface area contributed by atoms with E-state index in [1.807, 2.05) is 48.5 Å². The Morgan fingerprint density at radius 3 is 2.67 bits per heavy atom. The van der Waals surface area contributed by atoms with Crippen LogP contribution in [-0.2, 0) is 22.7 Å². The van der Waals surface area contributed by atoms with Gasteiger partial charge >= 0.3 is 5.97 Å². The Morgan fingerprint density at radius 2 is 1.83 bits per heavy atom. The van der Waals surface area contributed by atoms with Crippen LogP contribution in [0.1, 0.15) is 5.82 Å². The number of hydrogen-bond donors (Lipinski definition) is 0. The van der Waals surface area contributed by atoms with Crippen molar-refractivity contribution in [2.45, 2.75) is 18.0 Å². The van der Waals surface area contributed by atoms with E-state index in [1.54, 1.807) is 24.3 Å². The molecule has 0 bridgehead atoms. The summed E-state index contributed by atoms with van der Waals surface area (Å²) in [5.41, 5.74) is 0.187. The quantitative estimate of drug-likeness (QED) is 0.351. The second-order valence-electron chi connectivity index (χ2n) is 6.55. The third-order valence-electron chi connectivity index (χ3n) is 4.61. The van der Waals surface area contributed by atoms with Gasteiger partial charge in [-0.3, -0.25) is 14.2 Å². The molecule has 0 aliphatic heterocycles. The number of benzene rings is 3. The summed E-state index contributed by atoms with van der Waals surface area (Å²) in [5.74, 6) is -0.0302. The first-order chi connectivity index (χ1) is 14.7. The first kappa shape index (κ1) is 19.7. The number of carbonyl (C=O) groups excluding carboxylic acids is 1. The van der Waals surface area contributed by atoms with E-state index in [1.165, 1.54) is 16.3 Å². The number of nitriles is 1. The predicted octanol–water partition coefficient (Wildman–Crippen LogP) is 3.91. The van der Waals surface area contributed by atoms with Crippen LogP contribution in [-0.4, -0.2) is 21.3 Å². The Morgan fingerprint density at radius 1 is 1.07 bits per heavy atom. The smallest absolute Gasteiger partial charge is 0.316 e. The Labute approximate surface area is 176 Å². The predicted molar refractivity (Wildman–Crippen MR) is 116 cm³/mol.